The van der Waals surface area contributed by atoms with E-state index < -0.39 is 11.7 Å². The van der Waals surface area contributed by atoms with Crippen molar-refractivity contribution in [3.05, 3.63) is 29.6 Å². The van der Waals surface area contributed by atoms with Gasteiger partial charge in [-0.2, -0.15) is 0 Å². The molecule has 104 valence electrons. The lowest BCUT2D eigenvalue weighted by atomic mass is 9.88. The van der Waals surface area contributed by atoms with Crippen LogP contribution in [0.15, 0.2) is 18.2 Å². The minimum absolute atomic E-state index is 0.166. The molecule has 1 aromatic rings. The zero-order valence-corrected chi connectivity index (χ0v) is 11.0. The number of carbonyl (C=O) groups is 1. The molecule has 2 rings (SSSR count). The summed E-state index contributed by atoms with van der Waals surface area (Å²) in [6.07, 6.45) is 0.610. The average Bonchev–Trinajstić information content (AvgIpc) is 2.37. The van der Waals surface area contributed by atoms with E-state index in [0.717, 1.165) is 0 Å². The van der Waals surface area contributed by atoms with Crippen molar-refractivity contribution in [2.24, 2.45) is 5.92 Å². The minimum atomic E-state index is -0.473. The summed E-state index contributed by atoms with van der Waals surface area (Å²) in [6, 6.07) is 4.56. The predicted octanol–water partition coefficient (Wildman–Crippen LogP) is 2.13. The highest BCUT2D eigenvalue weighted by atomic mass is 19.1. The molecular formula is C14H17FO4. The molecule has 1 saturated heterocycles. The Balaban J connectivity index is 2.20. The Hall–Kier alpha value is -1.62. The third kappa shape index (κ3) is 3.04. The van der Waals surface area contributed by atoms with E-state index in [9.17, 15) is 9.18 Å². The van der Waals surface area contributed by atoms with E-state index in [1.54, 1.807) is 6.07 Å². The average molecular weight is 268 g/mol. The number of esters is 1. The second kappa shape index (κ2) is 6.02. The predicted molar refractivity (Wildman–Crippen MR) is 66.6 cm³/mol. The minimum Gasteiger partial charge on any atom is -0.494 e. The van der Waals surface area contributed by atoms with Gasteiger partial charge in [0, 0.05) is 5.92 Å². The van der Waals surface area contributed by atoms with Gasteiger partial charge in [0.05, 0.1) is 33.4 Å². The van der Waals surface area contributed by atoms with Gasteiger partial charge in [0.15, 0.2) is 11.6 Å². The number of methoxy groups -OCH3 is 2. The fourth-order valence-corrected chi connectivity index (χ4v) is 2.16. The summed E-state index contributed by atoms with van der Waals surface area (Å²) >= 11 is 0. The summed E-state index contributed by atoms with van der Waals surface area (Å²) in [5.74, 6) is -0.789. The molecule has 4 nitrogen and oxygen atoms in total. The molecule has 0 N–H and O–H groups in total. The van der Waals surface area contributed by atoms with Gasteiger partial charge in [0.2, 0.25) is 0 Å². The van der Waals surface area contributed by atoms with Gasteiger partial charge in [0.1, 0.15) is 0 Å². The summed E-state index contributed by atoms with van der Waals surface area (Å²) in [5.41, 5.74) is 0.608. The molecule has 0 saturated carbocycles. The summed E-state index contributed by atoms with van der Waals surface area (Å²) in [7, 11) is 2.74. The van der Waals surface area contributed by atoms with Gasteiger partial charge >= 0.3 is 5.97 Å². The van der Waals surface area contributed by atoms with Crippen molar-refractivity contribution in [2.75, 3.05) is 27.4 Å². The van der Waals surface area contributed by atoms with Crippen LogP contribution in [0.4, 0.5) is 4.39 Å². The van der Waals surface area contributed by atoms with E-state index in [4.69, 9.17) is 14.2 Å². The maximum absolute atomic E-state index is 13.7. The zero-order valence-electron chi connectivity index (χ0n) is 11.0. The molecule has 1 heterocycles. The number of halogens is 1. The van der Waals surface area contributed by atoms with Crippen LogP contribution in [0, 0.1) is 11.7 Å². The second-order valence-electron chi connectivity index (χ2n) is 4.61. The molecule has 1 aliphatic heterocycles. The van der Waals surface area contributed by atoms with Gasteiger partial charge < -0.3 is 14.2 Å². The van der Waals surface area contributed by atoms with Crippen molar-refractivity contribution in [2.45, 2.75) is 12.3 Å². The Kier molecular flexibility index (Phi) is 4.37. The van der Waals surface area contributed by atoms with E-state index >= 15 is 0 Å². The van der Waals surface area contributed by atoms with Crippen molar-refractivity contribution in [3.63, 3.8) is 0 Å². The van der Waals surface area contributed by atoms with Crippen LogP contribution in [-0.2, 0) is 14.3 Å². The smallest absolute Gasteiger partial charge is 0.313 e. The van der Waals surface area contributed by atoms with Gasteiger partial charge in [-0.25, -0.2) is 4.39 Å². The van der Waals surface area contributed by atoms with Crippen molar-refractivity contribution < 1.29 is 23.4 Å². The van der Waals surface area contributed by atoms with Gasteiger partial charge in [0.25, 0.3) is 0 Å². The molecule has 1 unspecified atom stereocenters. The SMILES string of the molecule is COC(=O)C(CC1COC1)c1ccc(OC)c(F)c1. The van der Waals surface area contributed by atoms with Crippen LogP contribution in [0.2, 0.25) is 0 Å². The van der Waals surface area contributed by atoms with E-state index in [2.05, 4.69) is 0 Å². The Morgan fingerprint density at radius 2 is 2.21 bits per heavy atom. The molecule has 1 fully saturated rings. The molecule has 5 heteroatoms. The molecular weight excluding hydrogens is 251 g/mol. The number of hydrogen-bond acceptors (Lipinski definition) is 4. The normalized spacial score (nSPS) is 16.6. The van der Waals surface area contributed by atoms with Crippen molar-refractivity contribution in [1.82, 2.24) is 0 Å². The first-order valence-electron chi connectivity index (χ1n) is 6.14. The Bertz CT molecular complexity index is 457. The number of carbonyl (C=O) groups excluding carboxylic acids is 1. The molecule has 1 atom stereocenters. The van der Waals surface area contributed by atoms with Gasteiger partial charge in [-0.3, -0.25) is 4.79 Å². The van der Waals surface area contributed by atoms with Gasteiger partial charge in [-0.15, -0.1) is 0 Å². The van der Waals surface area contributed by atoms with E-state index in [-0.39, 0.29) is 11.7 Å². The van der Waals surface area contributed by atoms with Crippen molar-refractivity contribution in [3.8, 4) is 5.75 Å². The van der Waals surface area contributed by atoms with Crippen LogP contribution in [0.1, 0.15) is 17.9 Å². The highest BCUT2D eigenvalue weighted by molar-refractivity contribution is 5.78. The lowest BCUT2D eigenvalue weighted by Crippen LogP contribution is -2.31. The summed E-state index contributed by atoms with van der Waals surface area (Å²) < 4.78 is 28.5. The van der Waals surface area contributed by atoms with Crippen LogP contribution in [-0.4, -0.2) is 33.4 Å². The molecule has 19 heavy (non-hydrogen) atoms. The fourth-order valence-electron chi connectivity index (χ4n) is 2.16. The van der Waals surface area contributed by atoms with Crippen LogP contribution in [0.3, 0.4) is 0 Å². The van der Waals surface area contributed by atoms with Crippen molar-refractivity contribution in [1.29, 1.82) is 0 Å². The fraction of sp³-hybridized carbons (Fsp3) is 0.500. The molecule has 1 aromatic carbocycles. The van der Waals surface area contributed by atoms with Crippen LogP contribution in [0.5, 0.6) is 5.75 Å². The molecule has 0 aromatic heterocycles. The molecule has 0 spiro atoms. The standard InChI is InChI=1S/C14H17FO4/c1-17-13-4-3-10(6-12(13)15)11(14(16)18-2)5-9-7-19-8-9/h3-4,6,9,11H,5,7-8H2,1-2H3. The topological polar surface area (TPSA) is 44.8 Å². The van der Waals surface area contributed by atoms with Crippen LogP contribution >= 0.6 is 0 Å². The Labute approximate surface area is 111 Å². The maximum atomic E-state index is 13.7. The molecule has 0 amide bonds. The lowest BCUT2D eigenvalue weighted by Gasteiger charge is -2.29. The molecule has 1 aliphatic rings. The zero-order chi connectivity index (χ0) is 13.8. The molecule has 0 bridgehead atoms. The van der Waals surface area contributed by atoms with E-state index in [1.165, 1.54) is 26.4 Å². The highest BCUT2D eigenvalue weighted by Crippen LogP contribution is 2.31. The number of benzene rings is 1. The quantitative estimate of drug-likeness (QED) is 0.767. The highest BCUT2D eigenvalue weighted by Gasteiger charge is 2.29. The summed E-state index contributed by atoms with van der Waals surface area (Å²) in [6.45, 7) is 1.29. The number of hydrogen-bond donors (Lipinski definition) is 0. The van der Waals surface area contributed by atoms with E-state index in [1.807, 2.05) is 0 Å². The third-order valence-corrected chi connectivity index (χ3v) is 3.34. The third-order valence-electron chi connectivity index (χ3n) is 3.34. The van der Waals surface area contributed by atoms with Crippen LogP contribution in [0.25, 0.3) is 0 Å². The first kappa shape index (κ1) is 13.8. The molecule has 0 radical (unpaired) electrons. The number of rotatable bonds is 5. The first-order valence-corrected chi connectivity index (χ1v) is 6.14. The summed E-state index contributed by atoms with van der Waals surface area (Å²) in [4.78, 5) is 11.8. The lowest BCUT2D eigenvalue weighted by molar-refractivity contribution is -0.144. The van der Waals surface area contributed by atoms with Crippen molar-refractivity contribution >= 4 is 5.97 Å². The Morgan fingerprint density at radius 1 is 1.47 bits per heavy atom. The maximum Gasteiger partial charge on any atom is 0.313 e. The van der Waals surface area contributed by atoms with Gasteiger partial charge in [-0.05, 0) is 24.1 Å². The first-order chi connectivity index (χ1) is 9.15. The largest absolute Gasteiger partial charge is 0.494 e. The Morgan fingerprint density at radius 3 is 2.68 bits per heavy atom. The van der Waals surface area contributed by atoms with Gasteiger partial charge in [-0.1, -0.05) is 6.07 Å². The number of ether oxygens (including phenoxy) is 3. The summed E-state index contributed by atoms with van der Waals surface area (Å²) in [5, 5.41) is 0. The monoisotopic (exact) mass is 268 g/mol. The molecule has 0 aliphatic carbocycles. The van der Waals surface area contributed by atoms with Crippen LogP contribution < -0.4 is 4.74 Å². The van der Waals surface area contributed by atoms with E-state index in [0.29, 0.717) is 31.1 Å². The second-order valence-corrected chi connectivity index (χ2v) is 4.61.